The largest absolute Gasteiger partial charge is 0.392 e. The molecule has 0 saturated carbocycles. The molecular formula is C10H13NO. The van der Waals surface area contributed by atoms with Gasteiger partial charge in [0.2, 0.25) is 0 Å². The second-order valence-corrected chi connectivity index (χ2v) is 2.48. The molecule has 0 aliphatic rings. The first kappa shape index (κ1) is 8.81. The standard InChI is InChI=1S/C10H13NO/c1-2-7-11-10-6-4-3-5-9(10)8-12/h2-6,11-12H,1,7-8H2. The van der Waals surface area contributed by atoms with Crippen LogP contribution in [0.25, 0.3) is 0 Å². The van der Waals surface area contributed by atoms with Crippen molar-refractivity contribution in [3.8, 4) is 0 Å². The van der Waals surface area contributed by atoms with Crippen molar-refractivity contribution in [1.29, 1.82) is 0 Å². The molecule has 0 spiro atoms. The van der Waals surface area contributed by atoms with E-state index in [0.29, 0.717) is 0 Å². The van der Waals surface area contributed by atoms with Crippen molar-refractivity contribution in [1.82, 2.24) is 0 Å². The molecule has 0 atom stereocenters. The van der Waals surface area contributed by atoms with E-state index in [9.17, 15) is 0 Å². The molecule has 0 aliphatic heterocycles. The Morgan fingerprint density at radius 1 is 1.42 bits per heavy atom. The third-order valence-electron chi connectivity index (χ3n) is 1.62. The van der Waals surface area contributed by atoms with E-state index in [1.165, 1.54) is 0 Å². The van der Waals surface area contributed by atoms with Crippen LogP contribution in [0.5, 0.6) is 0 Å². The topological polar surface area (TPSA) is 32.3 Å². The lowest BCUT2D eigenvalue weighted by atomic mass is 10.2. The Bertz CT molecular complexity index is 258. The van der Waals surface area contributed by atoms with E-state index < -0.39 is 0 Å². The zero-order chi connectivity index (χ0) is 8.81. The van der Waals surface area contributed by atoms with Crippen molar-refractivity contribution in [2.75, 3.05) is 11.9 Å². The summed E-state index contributed by atoms with van der Waals surface area (Å²) in [5, 5.41) is 12.1. The monoisotopic (exact) mass is 163 g/mol. The molecule has 2 heteroatoms. The van der Waals surface area contributed by atoms with Gasteiger partial charge in [-0.1, -0.05) is 24.3 Å². The van der Waals surface area contributed by atoms with Gasteiger partial charge in [0.15, 0.2) is 0 Å². The molecule has 0 radical (unpaired) electrons. The fraction of sp³-hybridized carbons (Fsp3) is 0.200. The van der Waals surface area contributed by atoms with Crippen LogP contribution in [0.2, 0.25) is 0 Å². The van der Waals surface area contributed by atoms with E-state index >= 15 is 0 Å². The molecule has 0 aromatic heterocycles. The van der Waals surface area contributed by atoms with E-state index in [1.807, 2.05) is 24.3 Å². The van der Waals surface area contributed by atoms with E-state index in [-0.39, 0.29) is 6.61 Å². The highest BCUT2D eigenvalue weighted by Crippen LogP contribution is 2.13. The summed E-state index contributed by atoms with van der Waals surface area (Å²) in [6, 6.07) is 7.68. The fourth-order valence-corrected chi connectivity index (χ4v) is 1.01. The average Bonchev–Trinajstić information content (AvgIpc) is 2.15. The van der Waals surface area contributed by atoms with Gasteiger partial charge in [0.1, 0.15) is 0 Å². The van der Waals surface area contributed by atoms with Gasteiger partial charge < -0.3 is 10.4 Å². The summed E-state index contributed by atoms with van der Waals surface area (Å²) in [6.45, 7) is 4.40. The molecule has 1 aromatic carbocycles. The molecule has 0 amide bonds. The predicted octanol–water partition coefficient (Wildman–Crippen LogP) is 1.78. The first-order valence-electron chi connectivity index (χ1n) is 3.92. The lowest BCUT2D eigenvalue weighted by Gasteiger charge is -2.07. The summed E-state index contributed by atoms with van der Waals surface area (Å²) in [4.78, 5) is 0. The van der Waals surface area contributed by atoms with Gasteiger partial charge in [0.25, 0.3) is 0 Å². The normalized spacial score (nSPS) is 9.42. The van der Waals surface area contributed by atoms with E-state index in [2.05, 4.69) is 11.9 Å². The van der Waals surface area contributed by atoms with Crippen molar-refractivity contribution >= 4 is 5.69 Å². The molecule has 1 aromatic rings. The van der Waals surface area contributed by atoms with Gasteiger partial charge in [-0.25, -0.2) is 0 Å². The average molecular weight is 163 g/mol. The van der Waals surface area contributed by atoms with Gasteiger partial charge in [0.05, 0.1) is 6.61 Å². The smallest absolute Gasteiger partial charge is 0.0701 e. The second kappa shape index (κ2) is 4.57. The van der Waals surface area contributed by atoms with Crippen molar-refractivity contribution < 1.29 is 5.11 Å². The number of rotatable bonds is 4. The van der Waals surface area contributed by atoms with Crippen LogP contribution in [0.1, 0.15) is 5.56 Å². The van der Waals surface area contributed by atoms with Crippen LogP contribution in [0.15, 0.2) is 36.9 Å². The molecule has 0 bridgehead atoms. The molecule has 0 fully saturated rings. The number of hydrogen-bond donors (Lipinski definition) is 2. The summed E-state index contributed by atoms with van der Waals surface area (Å²) in [5.74, 6) is 0. The zero-order valence-electron chi connectivity index (χ0n) is 6.96. The maximum Gasteiger partial charge on any atom is 0.0701 e. The number of anilines is 1. The molecule has 0 saturated heterocycles. The number of aliphatic hydroxyl groups is 1. The Labute approximate surface area is 72.5 Å². The van der Waals surface area contributed by atoms with Crippen molar-refractivity contribution in [2.24, 2.45) is 0 Å². The van der Waals surface area contributed by atoms with Crippen molar-refractivity contribution in [3.05, 3.63) is 42.5 Å². The first-order valence-corrected chi connectivity index (χ1v) is 3.92. The van der Waals surface area contributed by atoms with Crippen LogP contribution in [0.4, 0.5) is 5.69 Å². The Morgan fingerprint density at radius 2 is 2.17 bits per heavy atom. The summed E-state index contributed by atoms with van der Waals surface area (Å²) in [6.07, 6.45) is 1.79. The van der Waals surface area contributed by atoms with E-state index in [1.54, 1.807) is 6.08 Å². The van der Waals surface area contributed by atoms with Crippen LogP contribution in [0, 0.1) is 0 Å². The number of hydrogen-bond acceptors (Lipinski definition) is 2. The maximum atomic E-state index is 8.95. The molecule has 64 valence electrons. The fourth-order valence-electron chi connectivity index (χ4n) is 1.01. The molecule has 12 heavy (non-hydrogen) atoms. The van der Waals surface area contributed by atoms with Crippen LogP contribution in [-0.4, -0.2) is 11.7 Å². The quantitative estimate of drug-likeness (QED) is 0.663. The highest BCUT2D eigenvalue weighted by molar-refractivity contribution is 5.50. The van der Waals surface area contributed by atoms with Crippen LogP contribution < -0.4 is 5.32 Å². The van der Waals surface area contributed by atoms with Crippen LogP contribution in [0.3, 0.4) is 0 Å². The molecule has 0 heterocycles. The second-order valence-electron chi connectivity index (χ2n) is 2.48. The van der Waals surface area contributed by atoms with Crippen LogP contribution >= 0.6 is 0 Å². The summed E-state index contributed by atoms with van der Waals surface area (Å²) >= 11 is 0. The molecule has 2 nitrogen and oxygen atoms in total. The minimum absolute atomic E-state index is 0.0698. The molecule has 0 aliphatic carbocycles. The predicted molar refractivity (Wildman–Crippen MR) is 51.1 cm³/mol. The van der Waals surface area contributed by atoms with Gasteiger partial charge in [-0.2, -0.15) is 0 Å². The van der Waals surface area contributed by atoms with E-state index in [4.69, 9.17) is 5.11 Å². The van der Waals surface area contributed by atoms with Gasteiger partial charge in [-0.15, -0.1) is 6.58 Å². The lowest BCUT2D eigenvalue weighted by molar-refractivity contribution is 0.282. The Hall–Kier alpha value is -1.28. The third-order valence-corrected chi connectivity index (χ3v) is 1.62. The van der Waals surface area contributed by atoms with Crippen molar-refractivity contribution in [3.63, 3.8) is 0 Å². The molecule has 0 unspecified atom stereocenters. The van der Waals surface area contributed by atoms with Gasteiger partial charge >= 0.3 is 0 Å². The van der Waals surface area contributed by atoms with Gasteiger partial charge in [-0.05, 0) is 6.07 Å². The Morgan fingerprint density at radius 3 is 2.83 bits per heavy atom. The van der Waals surface area contributed by atoms with Crippen molar-refractivity contribution in [2.45, 2.75) is 6.61 Å². The summed E-state index contributed by atoms with van der Waals surface area (Å²) < 4.78 is 0. The molecular weight excluding hydrogens is 150 g/mol. The number of para-hydroxylation sites is 1. The minimum atomic E-state index is 0.0698. The highest BCUT2D eigenvalue weighted by atomic mass is 16.3. The number of aliphatic hydroxyl groups excluding tert-OH is 1. The summed E-state index contributed by atoms with van der Waals surface area (Å²) in [5.41, 5.74) is 1.89. The Kier molecular flexibility index (Phi) is 3.35. The van der Waals surface area contributed by atoms with Crippen LogP contribution in [-0.2, 0) is 6.61 Å². The third kappa shape index (κ3) is 2.10. The first-order chi connectivity index (χ1) is 5.88. The zero-order valence-corrected chi connectivity index (χ0v) is 6.96. The minimum Gasteiger partial charge on any atom is -0.392 e. The summed E-state index contributed by atoms with van der Waals surface area (Å²) in [7, 11) is 0. The molecule has 2 N–H and O–H groups in total. The lowest BCUT2D eigenvalue weighted by Crippen LogP contribution is -2.00. The maximum absolute atomic E-state index is 8.95. The number of nitrogens with one attached hydrogen (secondary N) is 1. The highest BCUT2D eigenvalue weighted by Gasteiger charge is 1.96. The van der Waals surface area contributed by atoms with E-state index in [0.717, 1.165) is 17.8 Å². The molecule has 1 rings (SSSR count). The van der Waals surface area contributed by atoms with Gasteiger partial charge in [-0.3, -0.25) is 0 Å². The van der Waals surface area contributed by atoms with Gasteiger partial charge in [0, 0.05) is 17.8 Å². The number of benzene rings is 1. The Balaban J connectivity index is 2.74. The SMILES string of the molecule is C=CCNc1ccccc1CO.